The van der Waals surface area contributed by atoms with Crippen LogP contribution in [0.2, 0.25) is 0 Å². The molecule has 0 aromatic heterocycles. The summed E-state index contributed by atoms with van der Waals surface area (Å²) in [6, 6.07) is 24.3. The van der Waals surface area contributed by atoms with E-state index in [0.29, 0.717) is 0 Å². The minimum atomic E-state index is -1.01. The Morgan fingerprint density at radius 1 is 0.842 bits per heavy atom. The summed E-state index contributed by atoms with van der Waals surface area (Å²) in [7, 11) is 0. The predicted molar refractivity (Wildman–Crippen MR) is 141 cm³/mol. The molecular formula is C29H31N3O6. The van der Waals surface area contributed by atoms with Crippen LogP contribution < -0.4 is 16.3 Å². The molecule has 0 radical (unpaired) electrons. The standard InChI is InChI=1S/C29H31N3O6/c1-29(2,3)37-28(35)38-32-31-26(33)25(17-19-11-5-4-6-12-19)30-27(34)36-18-24-22-15-9-7-13-20(22)21-14-8-10-16-23(21)24/h4-16,24-25,32H,17-18H2,1-3H3,(H,30,34)(H,31,33)/t25-/m0/s1. The molecule has 38 heavy (non-hydrogen) atoms. The highest BCUT2D eigenvalue weighted by atomic mass is 16.8. The molecule has 0 saturated heterocycles. The summed E-state index contributed by atoms with van der Waals surface area (Å²) in [5.41, 5.74) is 8.82. The number of hydrogen-bond acceptors (Lipinski definition) is 7. The van der Waals surface area contributed by atoms with Gasteiger partial charge in [0.1, 0.15) is 18.2 Å². The summed E-state index contributed by atoms with van der Waals surface area (Å²) in [5.74, 6) is -0.746. The molecule has 2 amide bonds. The molecule has 4 rings (SSSR count). The Kier molecular flexibility index (Phi) is 8.28. The lowest BCUT2D eigenvalue weighted by atomic mass is 9.98. The molecule has 0 fully saturated rings. The van der Waals surface area contributed by atoms with E-state index in [4.69, 9.17) is 9.47 Å². The van der Waals surface area contributed by atoms with Crippen molar-refractivity contribution in [3.8, 4) is 11.1 Å². The van der Waals surface area contributed by atoms with Crippen molar-refractivity contribution in [3.63, 3.8) is 0 Å². The van der Waals surface area contributed by atoms with Crippen LogP contribution in [0, 0.1) is 0 Å². The summed E-state index contributed by atoms with van der Waals surface area (Å²) in [5, 5.41) is 2.63. The van der Waals surface area contributed by atoms with Gasteiger partial charge < -0.3 is 19.6 Å². The predicted octanol–water partition coefficient (Wildman–Crippen LogP) is 4.62. The summed E-state index contributed by atoms with van der Waals surface area (Å²) in [6.45, 7) is 5.16. The van der Waals surface area contributed by atoms with Gasteiger partial charge in [0, 0.05) is 12.3 Å². The number of alkyl carbamates (subject to hydrolysis) is 1. The molecule has 0 aliphatic heterocycles. The fourth-order valence-electron chi connectivity index (χ4n) is 4.32. The highest BCUT2D eigenvalue weighted by molar-refractivity contribution is 5.85. The van der Waals surface area contributed by atoms with Crippen molar-refractivity contribution in [2.24, 2.45) is 0 Å². The Bertz CT molecular complexity index is 1240. The molecule has 1 atom stereocenters. The Balaban J connectivity index is 1.38. The van der Waals surface area contributed by atoms with Crippen LogP contribution in [-0.2, 0) is 25.5 Å². The monoisotopic (exact) mass is 517 g/mol. The fraction of sp³-hybridized carbons (Fsp3) is 0.276. The van der Waals surface area contributed by atoms with Crippen molar-refractivity contribution in [1.82, 2.24) is 16.3 Å². The van der Waals surface area contributed by atoms with Gasteiger partial charge in [-0.3, -0.25) is 10.2 Å². The second kappa shape index (κ2) is 11.8. The van der Waals surface area contributed by atoms with Crippen LogP contribution in [0.5, 0.6) is 0 Å². The van der Waals surface area contributed by atoms with E-state index < -0.39 is 29.8 Å². The maximum atomic E-state index is 12.9. The zero-order valence-electron chi connectivity index (χ0n) is 21.5. The van der Waals surface area contributed by atoms with Crippen molar-refractivity contribution < 1.29 is 28.7 Å². The van der Waals surface area contributed by atoms with Crippen LogP contribution in [0.1, 0.15) is 43.4 Å². The van der Waals surface area contributed by atoms with E-state index in [1.165, 1.54) is 0 Å². The van der Waals surface area contributed by atoms with E-state index in [9.17, 15) is 14.4 Å². The molecule has 1 aliphatic carbocycles. The van der Waals surface area contributed by atoms with Gasteiger partial charge in [-0.15, -0.1) is 0 Å². The normalized spacial score (nSPS) is 13.0. The van der Waals surface area contributed by atoms with Gasteiger partial charge in [-0.1, -0.05) is 84.5 Å². The number of hydrazine groups is 1. The maximum Gasteiger partial charge on any atom is 0.529 e. The molecule has 0 heterocycles. The van der Waals surface area contributed by atoms with Gasteiger partial charge >= 0.3 is 12.2 Å². The van der Waals surface area contributed by atoms with Gasteiger partial charge in [0.05, 0.1) is 0 Å². The number of rotatable bonds is 8. The zero-order valence-corrected chi connectivity index (χ0v) is 21.5. The number of ether oxygens (including phenoxy) is 2. The van der Waals surface area contributed by atoms with Gasteiger partial charge in [0.15, 0.2) is 0 Å². The topological polar surface area (TPSA) is 115 Å². The molecule has 0 saturated carbocycles. The Morgan fingerprint density at radius 2 is 1.42 bits per heavy atom. The minimum absolute atomic E-state index is 0.111. The van der Waals surface area contributed by atoms with Crippen LogP contribution in [0.15, 0.2) is 78.9 Å². The molecule has 3 N–H and O–H groups in total. The number of hydrogen-bond donors (Lipinski definition) is 3. The van der Waals surface area contributed by atoms with Gasteiger partial charge in [0.25, 0.3) is 5.91 Å². The quantitative estimate of drug-likeness (QED) is 0.295. The van der Waals surface area contributed by atoms with Crippen molar-refractivity contribution in [2.75, 3.05) is 6.61 Å². The second-order valence-electron chi connectivity index (χ2n) is 9.87. The van der Waals surface area contributed by atoms with E-state index in [0.717, 1.165) is 27.8 Å². The van der Waals surface area contributed by atoms with Gasteiger partial charge in [-0.2, -0.15) is 0 Å². The molecule has 9 heteroatoms. The van der Waals surface area contributed by atoms with Gasteiger partial charge in [-0.25, -0.2) is 9.59 Å². The summed E-state index contributed by atoms with van der Waals surface area (Å²) in [4.78, 5) is 42.1. The van der Waals surface area contributed by atoms with E-state index in [-0.39, 0.29) is 18.9 Å². The molecule has 9 nitrogen and oxygen atoms in total. The number of amides is 2. The van der Waals surface area contributed by atoms with Gasteiger partial charge in [0.2, 0.25) is 0 Å². The average molecular weight is 518 g/mol. The largest absolute Gasteiger partial charge is 0.529 e. The second-order valence-corrected chi connectivity index (χ2v) is 9.87. The highest BCUT2D eigenvalue weighted by Crippen LogP contribution is 2.44. The zero-order chi connectivity index (χ0) is 27.1. The molecule has 3 aromatic carbocycles. The number of nitrogens with one attached hydrogen (secondary N) is 3. The Labute approximate surface area is 221 Å². The maximum absolute atomic E-state index is 12.9. The summed E-state index contributed by atoms with van der Waals surface area (Å²) >= 11 is 0. The Hall–Kier alpha value is -4.37. The van der Waals surface area contributed by atoms with Crippen LogP contribution in [0.4, 0.5) is 9.59 Å². The SMILES string of the molecule is CC(C)(C)OC(=O)ONNC(=O)[C@H](Cc1ccccc1)NC(=O)OCC1c2ccccc2-c2ccccc21. The first-order valence-electron chi connectivity index (χ1n) is 12.3. The molecule has 198 valence electrons. The first kappa shape index (κ1) is 26.7. The van der Waals surface area contributed by atoms with Crippen LogP contribution in [0.25, 0.3) is 11.1 Å². The van der Waals surface area contributed by atoms with Crippen LogP contribution in [0.3, 0.4) is 0 Å². The van der Waals surface area contributed by atoms with Crippen LogP contribution >= 0.6 is 0 Å². The summed E-state index contributed by atoms with van der Waals surface area (Å²) in [6.07, 6.45) is -1.57. The number of carbonyl (C=O) groups excluding carboxylic acids is 3. The van der Waals surface area contributed by atoms with E-state index in [2.05, 4.69) is 33.3 Å². The van der Waals surface area contributed by atoms with E-state index in [1.807, 2.05) is 66.7 Å². The lowest BCUT2D eigenvalue weighted by Crippen LogP contribution is -2.52. The van der Waals surface area contributed by atoms with Crippen molar-refractivity contribution >= 4 is 18.2 Å². The number of benzene rings is 3. The van der Waals surface area contributed by atoms with E-state index in [1.54, 1.807) is 20.8 Å². The van der Waals surface area contributed by atoms with E-state index >= 15 is 0 Å². The number of carbonyl (C=O) groups is 3. The summed E-state index contributed by atoms with van der Waals surface area (Å²) < 4.78 is 10.6. The number of fused-ring (bicyclic) bond motifs is 3. The lowest BCUT2D eigenvalue weighted by molar-refractivity contribution is -0.128. The third-order valence-corrected chi connectivity index (χ3v) is 5.93. The Morgan fingerprint density at radius 3 is 2.03 bits per heavy atom. The molecule has 1 aliphatic rings. The minimum Gasteiger partial charge on any atom is -0.449 e. The van der Waals surface area contributed by atoms with Crippen molar-refractivity contribution in [1.29, 1.82) is 0 Å². The third-order valence-electron chi connectivity index (χ3n) is 5.93. The highest BCUT2D eigenvalue weighted by Gasteiger charge is 2.30. The van der Waals surface area contributed by atoms with Gasteiger partial charge in [-0.05, 0) is 48.6 Å². The molecule has 3 aromatic rings. The first-order chi connectivity index (χ1) is 18.2. The average Bonchev–Trinajstić information content (AvgIpc) is 3.20. The lowest BCUT2D eigenvalue weighted by Gasteiger charge is -2.21. The molecule has 0 spiro atoms. The molecule has 0 bridgehead atoms. The first-order valence-corrected chi connectivity index (χ1v) is 12.3. The molecule has 0 unspecified atom stereocenters. The smallest absolute Gasteiger partial charge is 0.449 e. The van der Waals surface area contributed by atoms with Crippen molar-refractivity contribution in [3.05, 3.63) is 95.6 Å². The molecular weight excluding hydrogens is 486 g/mol. The third kappa shape index (κ3) is 6.89. The van der Waals surface area contributed by atoms with Crippen LogP contribution in [-0.4, -0.2) is 36.4 Å². The fourth-order valence-corrected chi connectivity index (χ4v) is 4.32. The van der Waals surface area contributed by atoms with Crippen molar-refractivity contribution in [2.45, 2.75) is 44.8 Å².